The largest absolute Gasteiger partial charge is 0.478 e. The van der Waals surface area contributed by atoms with Gasteiger partial charge in [-0.25, -0.2) is 9.59 Å². The lowest BCUT2D eigenvalue weighted by Crippen LogP contribution is -1.93. The molecule has 0 aliphatic rings. The van der Waals surface area contributed by atoms with Crippen molar-refractivity contribution < 1.29 is 19.8 Å². The Hall–Kier alpha value is -3.40. The third-order valence-corrected chi connectivity index (χ3v) is 2.98. The molecule has 0 bridgehead atoms. The first kappa shape index (κ1) is 19.6. The van der Waals surface area contributed by atoms with Crippen molar-refractivity contribution in [2.75, 3.05) is 0 Å². The summed E-state index contributed by atoms with van der Waals surface area (Å²) in [4.78, 5) is 20.4. The van der Waals surface area contributed by atoms with Crippen LogP contribution in [-0.2, 0) is 0 Å². The number of aromatic carboxylic acids is 2. The van der Waals surface area contributed by atoms with Crippen LogP contribution in [-0.4, -0.2) is 22.2 Å². The molecule has 0 radical (unpaired) electrons. The van der Waals surface area contributed by atoms with Crippen LogP contribution in [0.5, 0.6) is 0 Å². The van der Waals surface area contributed by atoms with Gasteiger partial charge in [0.15, 0.2) is 0 Å². The molecule has 0 atom stereocenters. The molecular weight excluding hydrogens is 316 g/mol. The summed E-state index contributed by atoms with van der Waals surface area (Å²) in [6, 6.07) is 26.9. The van der Waals surface area contributed by atoms with E-state index in [1.165, 1.54) is 5.56 Å². The minimum Gasteiger partial charge on any atom is -0.478 e. The first-order valence-corrected chi connectivity index (χ1v) is 7.59. The second-order valence-corrected chi connectivity index (χ2v) is 5.00. The van der Waals surface area contributed by atoms with Gasteiger partial charge < -0.3 is 10.2 Å². The average Bonchev–Trinajstić information content (AvgIpc) is 2.65. The molecule has 0 aromatic heterocycles. The number of aryl methyl sites for hydroxylation is 1. The second-order valence-electron chi connectivity index (χ2n) is 5.00. The Labute approximate surface area is 147 Å². The molecule has 3 aromatic rings. The van der Waals surface area contributed by atoms with Gasteiger partial charge in [-0.15, -0.1) is 0 Å². The van der Waals surface area contributed by atoms with E-state index >= 15 is 0 Å². The minimum absolute atomic E-state index is 0.331. The van der Waals surface area contributed by atoms with Crippen molar-refractivity contribution >= 4 is 11.9 Å². The Morgan fingerprint density at radius 1 is 0.560 bits per heavy atom. The van der Waals surface area contributed by atoms with E-state index in [9.17, 15) is 9.59 Å². The van der Waals surface area contributed by atoms with E-state index in [2.05, 4.69) is 19.1 Å². The SMILES string of the molecule is Cc1ccccc1.O=C(O)c1ccccc1.O=C(O)c1ccccc1. The summed E-state index contributed by atoms with van der Waals surface area (Å²) in [7, 11) is 0. The second kappa shape index (κ2) is 11.2. The summed E-state index contributed by atoms with van der Waals surface area (Å²) in [5.41, 5.74) is 1.98. The highest BCUT2D eigenvalue weighted by Gasteiger charge is 1.97. The van der Waals surface area contributed by atoms with Crippen molar-refractivity contribution in [3.8, 4) is 0 Å². The minimum atomic E-state index is -0.879. The third-order valence-electron chi connectivity index (χ3n) is 2.98. The highest BCUT2D eigenvalue weighted by Crippen LogP contribution is 1.97. The van der Waals surface area contributed by atoms with Crippen molar-refractivity contribution in [2.45, 2.75) is 6.92 Å². The monoisotopic (exact) mass is 336 g/mol. The summed E-state index contributed by atoms with van der Waals surface area (Å²) in [6.45, 7) is 2.08. The van der Waals surface area contributed by atoms with Crippen LogP contribution in [0.1, 0.15) is 26.3 Å². The molecule has 25 heavy (non-hydrogen) atoms. The molecule has 0 amide bonds. The van der Waals surface area contributed by atoms with Crippen LogP contribution >= 0.6 is 0 Å². The van der Waals surface area contributed by atoms with E-state index in [1.54, 1.807) is 60.7 Å². The van der Waals surface area contributed by atoms with E-state index in [-0.39, 0.29) is 0 Å². The number of carboxylic acid groups (broad SMARTS) is 2. The summed E-state index contributed by atoms with van der Waals surface area (Å²) in [5.74, 6) is -1.76. The molecule has 128 valence electrons. The van der Waals surface area contributed by atoms with E-state index in [4.69, 9.17) is 10.2 Å². The van der Waals surface area contributed by atoms with Crippen LogP contribution in [0, 0.1) is 6.92 Å². The molecule has 0 heterocycles. The summed E-state index contributed by atoms with van der Waals surface area (Å²) >= 11 is 0. The highest BCUT2D eigenvalue weighted by atomic mass is 16.4. The molecule has 0 spiro atoms. The normalized spacial score (nSPS) is 8.84. The summed E-state index contributed by atoms with van der Waals surface area (Å²) < 4.78 is 0. The maximum atomic E-state index is 10.2. The summed E-state index contributed by atoms with van der Waals surface area (Å²) in [6.07, 6.45) is 0. The number of hydrogen-bond acceptors (Lipinski definition) is 2. The third kappa shape index (κ3) is 8.71. The number of benzene rings is 3. The molecular formula is C21H20O4. The van der Waals surface area contributed by atoms with Crippen LogP contribution in [0.25, 0.3) is 0 Å². The zero-order valence-corrected chi connectivity index (χ0v) is 13.9. The molecule has 0 saturated heterocycles. The lowest BCUT2D eigenvalue weighted by molar-refractivity contribution is 0.0686. The van der Waals surface area contributed by atoms with Crippen molar-refractivity contribution in [1.82, 2.24) is 0 Å². The van der Waals surface area contributed by atoms with Crippen molar-refractivity contribution in [3.63, 3.8) is 0 Å². The van der Waals surface area contributed by atoms with Crippen molar-refractivity contribution in [3.05, 3.63) is 108 Å². The number of carbonyl (C=O) groups is 2. The van der Waals surface area contributed by atoms with E-state index in [0.29, 0.717) is 11.1 Å². The fraction of sp³-hybridized carbons (Fsp3) is 0.0476. The van der Waals surface area contributed by atoms with E-state index in [0.717, 1.165) is 0 Å². The number of hydrogen-bond donors (Lipinski definition) is 2. The molecule has 3 rings (SSSR count). The van der Waals surface area contributed by atoms with E-state index in [1.807, 2.05) is 18.2 Å². The van der Waals surface area contributed by atoms with Gasteiger partial charge in [0, 0.05) is 0 Å². The number of rotatable bonds is 2. The Balaban J connectivity index is 0.000000189. The molecule has 0 unspecified atom stereocenters. The molecule has 3 aromatic carbocycles. The smallest absolute Gasteiger partial charge is 0.335 e. The maximum Gasteiger partial charge on any atom is 0.335 e. The van der Waals surface area contributed by atoms with Crippen LogP contribution in [0.2, 0.25) is 0 Å². The summed E-state index contributed by atoms with van der Waals surface area (Å²) in [5, 5.41) is 16.8. The molecule has 4 heteroatoms. The lowest BCUT2D eigenvalue weighted by atomic mass is 10.2. The predicted octanol–water partition coefficient (Wildman–Crippen LogP) is 4.76. The van der Waals surface area contributed by atoms with Crippen LogP contribution in [0.15, 0.2) is 91.0 Å². The Kier molecular flexibility index (Phi) is 8.79. The van der Waals surface area contributed by atoms with Gasteiger partial charge in [-0.1, -0.05) is 72.3 Å². The van der Waals surface area contributed by atoms with Gasteiger partial charge in [0.1, 0.15) is 0 Å². The molecule has 0 saturated carbocycles. The van der Waals surface area contributed by atoms with Gasteiger partial charge in [-0.05, 0) is 31.2 Å². The predicted molar refractivity (Wildman–Crippen MR) is 98.0 cm³/mol. The maximum absolute atomic E-state index is 10.2. The van der Waals surface area contributed by atoms with Crippen LogP contribution < -0.4 is 0 Å². The number of carboxylic acids is 2. The van der Waals surface area contributed by atoms with Gasteiger partial charge in [0.25, 0.3) is 0 Å². The quantitative estimate of drug-likeness (QED) is 0.707. The van der Waals surface area contributed by atoms with Gasteiger partial charge in [0.2, 0.25) is 0 Å². The van der Waals surface area contributed by atoms with E-state index < -0.39 is 11.9 Å². The standard InChI is InChI=1S/2C7H6O2.C7H8/c2*8-7(9)6-4-2-1-3-5-6;1-7-5-3-2-4-6-7/h2*1-5H,(H,8,9);2-6H,1H3. The molecule has 0 fully saturated rings. The Morgan fingerprint density at radius 2 is 0.840 bits per heavy atom. The molecule has 0 aliphatic carbocycles. The average molecular weight is 336 g/mol. The van der Waals surface area contributed by atoms with Gasteiger partial charge in [-0.2, -0.15) is 0 Å². The molecule has 0 aliphatic heterocycles. The highest BCUT2D eigenvalue weighted by molar-refractivity contribution is 5.87. The van der Waals surface area contributed by atoms with Gasteiger partial charge in [0.05, 0.1) is 11.1 Å². The lowest BCUT2D eigenvalue weighted by Gasteiger charge is -1.88. The first-order chi connectivity index (χ1) is 12.0. The van der Waals surface area contributed by atoms with Crippen LogP contribution in [0.3, 0.4) is 0 Å². The Morgan fingerprint density at radius 3 is 1.00 bits per heavy atom. The topological polar surface area (TPSA) is 74.6 Å². The fourth-order valence-corrected chi connectivity index (χ4v) is 1.70. The van der Waals surface area contributed by atoms with Gasteiger partial charge in [-0.3, -0.25) is 0 Å². The molecule has 4 nitrogen and oxygen atoms in total. The van der Waals surface area contributed by atoms with Crippen molar-refractivity contribution in [2.24, 2.45) is 0 Å². The zero-order valence-electron chi connectivity index (χ0n) is 13.9. The van der Waals surface area contributed by atoms with Crippen molar-refractivity contribution in [1.29, 1.82) is 0 Å². The first-order valence-electron chi connectivity index (χ1n) is 7.59. The fourth-order valence-electron chi connectivity index (χ4n) is 1.70. The Bertz CT molecular complexity index is 704. The van der Waals surface area contributed by atoms with Gasteiger partial charge >= 0.3 is 11.9 Å². The molecule has 2 N–H and O–H groups in total. The zero-order chi connectivity index (χ0) is 18.5. The van der Waals surface area contributed by atoms with Crippen LogP contribution in [0.4, 0.5) is 0 Å².